The molecule has 200 valence electrons. The molecule has 0 atom stereocenters. The molecule has 8 nitrogen and oxygen atoms in total. The number of pyridine rings is 1. The third-order valence-electron chi connectivity index (χ3n) is 6.71. The fourth-order valence-corrected chi connectivity index (χ4v) is 4.79. The van der Waals surface area contributed by atoms with Crippen LogP contribution in [0.1, 0.15) is 46.7 Å². The Morgan fingerprint density at radius 2 is 1.69 bits per heavy atom. The van der Waals surface area contributed by atoms with Crippen LogP contribution in [0.2, 0.25) is 0 Å². The molecule has 0 fully saturated rings. The smallest absolute Gasteiger partial charge is 0.261 e. The lowest BCUT2D eigenvalue weighted by atomic mass is 9.81. The Bertz CT molecular complexity index is 1630. The Balaban J connectivity index is 1.72. The van der Waals surface area contributed by atoms with Crippen LogP contribution in [0.25, 0.3) is 5.65 Å². The summed E-state index contributed by atoms with van der Waals surface area (Å²) < 4.78 is 39.2. The van der Waals surface area contributed by atoms with Gasteiger partial charge < -0.3 is 19.6 Å². The molecule has 0 spiro atoms. The van der Waals surface area contributed by atoms with E-state index in [0.29, 0.717) is 30.0 Å². The Labute approximate surface area is 223 Å². The van der Waals surface area contributed by atoms with Crippen LogP contribution in [0, 0.1) is 11.6 Å². The Morgan fingerprint density at radius 3 is 2.23 bits per heavy atom. The fourth-order valence-electron chi connectivity index (χ4n) is 4.79. The van der Waals surface area contributed by atoms with Crippen LogP contribution in [0.5, 0.6) is 5.75 Å². The lowest BCUT2D eigenvalue weighted by molar-refractivity contribution is 0.102. The van der Waals surface area contributed by atoms with Crippen molar-refractivity contribution in [2.45, 2.75) is 32.4 Å². The van der Waals surface area contributed by atoms with E-state index in [9.17, 15) is 9.90 Å². The van der Waals surface area contributed by atoms with E-state index in [1.807, 2.05) is 13.8 Å². The summed E-state index contributed by atoms with van der Waals surface area (Å²) in [6.07, 6.45) is 5.13. The average Bonchev–Trinajstić information content (AvgIpc) is 3.56. The van der Waals surface area contributed by atoms with Crippen molar-refractivity contribution in [1.29, 1.82) is 0 Å². The number of nitrogens with zero attached hydrogens (tertiary/aromatic N) is 4. The number of benzene rings is 2. The molecule has 3 aromatic heterocycles. The molecule has 0 unspecified atom stereocenters. The summed E-state index contributed by atoms with van der Waals surface area (Å²) in [4.78, 5) is 17.9. The van der Waals surface area contributed by atoms with E-state index < -0.39 is 23.1 Å². The third-order valence-corrected chi connectivity index (χ3v) is 6.71. The monoisotopic (exact) mass is 531 g/mol. The minimum Gasteiger partial charge on any atom is -0.496 e. The number of imidazole rings is 1. The molecule has 3 heterocycles. The first-order valence-electron chi connectivity index (χ1n) is 12.5. The molecule has 0 aliphatic heterocycles. The van der Waals surface area contributed by atoms with Crippen molar-refractivity contribution < 1.29 is 23.4 Å². The number of hydrogen-bond donors (Lipinski definition) is 2. The number of ether oxygens (including phenoxy) is 1. The van der Waals surface area contributed by atoms with Crippen molar-refractivity contribution in [2.75, 3.05) is 12.4 Å². The lowest BCUT2D eigenvalue weighted by Crippen LogP contribution is -2.33. The zero-order valence-electron chi connectivity index (χ0n) is 21.7. The molecular weight excluding hydrogens is 504 g/mol. The van der Waals surface area contributed by atoms with Gasteiger partial charge in [-0.3, -0.25) is 9.48 Å². The predicted octanol–water partition coefficient (Wildman–Crippen LogP) is 4.94. The number of aryl methyl sites for hydroxylation is 2. The highest BCUT2D eigenvalue weighted by Gasteiger charge is 2.42. The zero-order chi connectivity index (χ0) is 27.7. The second-order valence-corrected chi connectivity index (χ2v) is 8.95. The topological polar surface area (TPSA) is 93.7 Å². The maximum absolute atomic E-state index is 15.2. The van der Waals surface area contributed by atoms with Gasteiger partial charge in [0.15, 0.2) is 5.60 Å². The summed E-state index contributed by atoms with van der Waals surface area (Å²) in [6.45, 7) is 4.41. The van der Waals surface area contributed by atoms with Crippen LogP contribution in [0.15, 0.2) is 73.2 Å². The number of aliphatic hydroxyl groups is 1. The number of rotatable bonds is 8. The summed E-state index contributed by atoms with van der Waals surface area (Å²) in [5.41, 5.74) is -0.998. The van der Waals surface area contributed by atoms with Crippen molar-refractivity contribution in [2.24, 2.45) is 0 Å². The molecule has 2 N–H and O–H groups in total. The minimum atomic E-state index is -2.27. The van der Waals surface area contributed by atoms with E-state index in [2.05, 4.69) is 15.4 Å². The highest BCUT2D eigenvalue weighted by Crippen LogP contribution is 2.41. The van der Waals surface area contributed by atoms with Gasteiger partial charge in [-0.05, 0) is 25.5 Å². The molecule has 5 rings (SSSR count). The number of methoxy groups -OCH3 is 1. The number of nitrogens with one attached hydrogen (secondary N) is 1. The molecule has 0 bridgehead atoms. The maximum Gasteiger partial charge on any atom is 0.261 e. The maximum atomic E-state index is 15.2. The van der Waals surface area contributed by atoms with Gasteiger partial charge in [-0.15, -0.1) is 0 Å². The molecule has 39 heavy (non-hydrogen) atoms. The third kappa shape index (κ3) is 4.42. The summed E-state index contributed by atoms with van der Waals surface area (Å²) in [7, 11) is 1.43. The van der Waals surface area contributed by atoms with Crippen LogP contribution in [-0.4, -0.2) is 37.3 Å². The molecule has 0 aliphatic carbocycles. The van der Waals surface area contributed by atoms with Crippen molar-refractivity contribution in [3.8, 4) is 5.75 Å². The van der Waals surface area contributed by atoms with Gasteiger partial charge in [-0.1, -0.05) is 43.3 Å². The van der Waals surface area contributed by atoms with Gasteiger partial charge in [-0.25, -0.2) is 13.8 Å². The number of anilines is 1. The number of aromatic nitrogens is 4. The normalized spacial score (nSPS) is 11.6. The molecule has 10 heteroatoms. The van der Waals surface area contributed by atoms with Gasteiger partial charge in [0.05, 0.1) is 24.6 Å². The number of fused-ring (bicyclic) bond motifs is 1. The molecule has 1 amide bonds. The molecule has 0 radical (unpaired) electrons. The molecule has 2 aromatic carbocycles. The first-order chi connectivity index (χ1) is 18.8. The first kappa shape index (κ1) is 26.1. The van der Waals surface area contributed by atoms with Crippen LogP contribution in [-0.2, 0) is 18.6 Å². The molecule has 0 saturated carbocycles. The van der Waals surface area contributed by atoms with E-state index in [1.165, 1.54) is 43.5 Å². The Hall–Kier alpha value is -4.57. The van der Waals surface area contributed by atoms with Gasteiger partial charge in [0.2, 0.25) is 0 Å². The van der Waals surface area contributed by atoms with E-state index in [1.54, 1.807) is 45.9 Å². The standard InChI is InChI=1S/C29H27F2N5O3/c1-4-24-27(29(38,20-10-6-8-12-22(20)30)21-11-7-9-13-23(21)31)34-26-14-25(39-3)19(17-36(24)26)28(37)33-18-15-32-35(5-2)16-18/h6-17,38H,4-5H2,1-3H3,(H,33,37). The minimum absolute atomic E-state index is 0.0454. The van der Waals surface area contributed by atoms with Crippen LogP contribution in [0.4, 0.5) is 14.5 Å². The first-order valence-corrected chi connectivity index (χ1v) is 12.5. The number of hydrogen-bond acceptors (Lipinski definition) is 5. The summed E-state index contributed by atoms with van der Waals surface area (Å²) in [5.74, 6) is -1.64. The zero-order valence-corrected chi connectivity index (χ0v) is 21.7. The second kappa shape index (κ2) is 10.3. The summed E-state index contributed by atoms with van der Waals surface area (Å²) >= 11 is 0. The second-order valence-electron chi connectivity index (χ2n) is 8.95. The summed E-state index contributed by atoms with van der Waals surface area (Å²) in [5, 5.41) is 19.2. The SMILES string of the molecule is CCc1c(C(O)(c2ccccc2F)c2ccccc2F)nc2cc(OC)c(C(=O)Nc3cnn(CC)c3)cn12. The molecule has 5 aromatic rings. The van der Waals surface area contributed by atoms with Crippen molar-refractivity contribution >= 4 is 17.2 Å². The Kier molecular flexibility index (Phi) is 6.88. The molecule has 0 saturated heterocycles. The van der Waals surface area contributed by atoms with Gasteiger partial charge >= 0.3 is 0 Å². The average molecular weight is 532 g/mol. The highest BCUT2D eigenvalue weighted by atomic mass is 19.1. The molecule has 0 aliphatic rings. The van der Waals surface area contributed by atoms with E-state index in [4.69, 9.17) is 4.74 Å². The van der Waals surface area contributed by atoms with E-state index >= 15 is 8.78 Å². The van der Waals surface area contributed by atoms with Gasteiger partial charge in [0.25, 0.3) is 5.91 Å². The van der Waals surface area contributed by atoms with Crippen LogP contribution >= 0.6 is 0 Å². The highest BCUT2D eigenvalue weighted by molar-refractivity contribution is 6.06. The quantitative estimate of drug-likeness (QED) is 0.296. The number of halogens is 2. The van der Waals surface area contributed by atoms with Gasteiger partial charge in [-0.2, -0.15) is 5.10 Å². The number of amides is 1. The van der Waals surface area contributed by atoms with E-state index in [-0.39, 0.29) is 28.1 Å². The van der Waals surface area contributed by atoms with Crippen molar-refractivity contribution in [3.05, 3.63) is 113 Å². The van der Waals surface area contributed by atoms with Gasteiger partial charge in [0, 0.05) is 41.8 Å². The number of carbonyl (C=O) groups is 1. The van der Waals surface area contributed by atoms with E-state index in [0.717, 1.165) is 0 Å². The van der Waals surface area contributed by atoms with Crippen LogP contribution in [0.3, 0.4) is 0 Å². The fraction of sp³-hybridized carbons (Fsp3) is 0.207. The van der Waals surface area contributed by atoms with Crippen LogP contribution < -0.4 is 10.1 Å². The number of carbonyl (C=O) groups excluding carboxylic acids is 1. The Morgan fingerprint density at radius 1 is 1.05 bits per heavy atom. The largest absolute Gasteiger partial charge is 0.496 e. The lowest BCUT2D eigenvalue weighted by Gasteiger charge is -2.29. The molecular formula is C29H27F2N5O3. The summed E-state index contributed by atoms with van der Waals surface area (Å²) in [6, 6.07) is 12.9. The van der Waals surface area contributed by atoms with Crippen molar-refractivity contribution in [3.63, 3.8) is 0 Å². The van der Waals surface area contributed by atoms with Crippen molar-refractivity contribution in [1.82, 2.24) is 19.2 Å². The van der Waals surface area contributed by atoms with Gasteiger partial charge in [0.1, 0.15) is 28.7 Å². The predicted molar refractivity (Wildman–Crippen MR) is 142 cm³/mol.